The van der Waals surface area contributed by atoms with Gasteiger partial charge in [0, 0.05) is 12.8 Å². The fourth-order valence-electron chi connectivity index (χ4n) is 12.3. The second-order valence-corrected chi connectivity index (χ2v) is 26.7. The lowest BCUT2D eigenvalue weighted by atomic mass is 9.99. The lowest BCUT2D eigenvalue weighted by molar-refractivity contribution is -0.302. The molecule has 11 heteroatoms. The molecule has 87 heavy (non-hydrogen) atoms. The molecule has 7 atom stereocenters. The third-order valence-electron chi connectivity index (χ3n) is 18.3. The van der Waals surface area contributed by atoms with E-state index in [1.807, 2.05) is 6.08 Å². The highest BCUT2D eigenvalue weighted by molar-refractivity contribution is 5.76. The number of unbranched alkanes of at least 4 members (excludes halogenated alkanes) is 52. The van der Waals surface area contributed by atoms with E-state index in [4.69, 9.17) is 14.2 Å². The molecule has 11 nitrogen and oxygen atoms in total. The first-order chi connectivity index (χ1) is 42.7. The van der Waals surface area contributed by atoms with Crippen LogP contribution in [0.3, 0.4) is 0 Å². The zero-order chi connectivity index (χ0) is 63.0. The molecule has 0 saturated carbocycles. The average Bonchev–Trinajstić information content (AvgIpc) is 3.36. The molecule has 0 radical (unpaired) electrons. The van der Waals surface area contributed by atoms with Gasteiger partial charge in [0.05, 0.1) is 32.0 Å². The molecule has 0 aliphatic carbocycles. The van der Waals surface area contributed by atoms with Crippen molar-refractivity contribution < 1.29 is 49.3 Å². The summed E-state index contributed by atoms with van der Waals surface area (Å²) in [5, 5.41) is 54.3. The Hall–Kier alpha value is -1.86. The number of hydrogen-bond acceptors (Lipinski definition) is 10. The summed E-state index contributed by atoms with van der Waals surface area (Å²) in [4.78, 5) is 25.2. The van der Waals surface area contributed by atoms with Crippen molar-refractivity contribution in [1.29, 1.82) is 0 Å². The van der Waals surface area contributed by atoms with Crippen molar-refractivity contribution in [2.45, 2.75) is 429 Å². The van der Waals surface area contributed by atoms with Gasteiger partial charge in [-0.15, -0.1) is 0 Å². The molecule has 1 saturated heterocycles. The number of esters is 1. The number of hydrogen-bond donors (Lipinski definition) is 6. The number of allylic oxidation sites excluding steroid dienone is 3. The first-order valence-corrected chi connectivity index (χ1v) is 38.1. The molecule has 0 aromatic carbocycles. The number of aliphatic hydroxyl groups excluding tert-OH is 5. The van der Waals surface area contributed by atoms with Crippen molar-refractivity contribution in [3.63, 3.8) is 0 Å². The summed E-state index contributed by atoms with van der Waals surface area (Å²) in [6, 6.07) is -0.805. The number of rotatable bonds is 68. The molecule has 1 amide bonds. The summed E-state index contributed by atoms with van der Waals surface area (Å²) in [7, 11) is 0. The maximum absolute atomic E-state index is 13.0. The second kappa shape index (κ2) is 65.6. The van der Waals surface area contributed by atoms with Crippen LogP contribution in [0.4, 0.5) is 0 Å². The van der Waals surface area contributed by atoms with E-state index >= 15 is 0 Å². The van der Waals surface area contributed by atoms with Crippen LogP contribution < -0.4 is 5.32 Å². The van der Waals surface area contributed by atoms with E-state index in [0.717, 1.165) is 57.8 Å². The fourth-order valence-corrected chi connectivity index (χ4v) is 12.3. The molecular weight excluding hydrogens is 1090 g/mol. The summed E-state index contributed by atoms with van der Waals surface area (Å²) < 4.78 is 16.7. The summed E-state index contributed by atoms with van der Waals surface area (Å²) in [5.41, 5.74) is 0. The lowest BCUT2D eigenvalue weighted by Crippen LogP contribution is -2.60. The highest BCUT2D eigenvalue weighted by Crippen LogP contribution is 2.24. The van der Waals surface area contributed by atoms with E-state index < -0.39 is 49.5 Å². The summed E-state index contributed by atoms with van der Waals surface area (Å²) in [6.45, 7) is 4.36. The SMILES string of the molecule is CCCCCCCC/C=C\CCCCCCCCCCCC(=O)OCCCCCCCCCCCCCCCCCCCCCCCCCCCCCCCCCC(=O)NC(COC1OC(CO)C(O)C(O)C1O)C(O)/C=C/CCCCCCCCC. The Morgan fingerprint density at radius 2 is 0.736 bits per heavy atom. The quantitative estimate of drug-likeness (QED) is 0.0195. The first-order valence-electron chi connectivity index (χ1n) is 38.1. The zero-order valence-electron chi connectivity index (χ0n) is 57.3. The van der Waals surface area contributed by atoms with Crippen molar-refractivity contribution in [1.82, 2.24) is 5.32 Å². The maximum atomic E-state index is 13.0. The summed E-state index contributed by atoms with van der Waals surface area (Å²) in [6.07, 6.45) is 73.5. The Morgan fingerprint density at radius 3 is 1.10 bits per heavy atom. The van der Waals surface area contributed by atoms with Crippen LogP contribution in [0.1, 0.15) is 386 Å². The van der Waals surface area contributed by atoms with Gasteiger partial charge in [-0.2, -0.15) is 0 Å². The van der Waals surface area contributed by atoms with E-state index in [9.17, 15) is 35.1 Å². The van der Waals surface area contributed by atoms with Gasteiger partial charge in [-0.1, -0.05) is 340 Å². The first kappa shape index (κ1) is 83.2. The topological polar surface area (TPSA) is 175 Å². The number of carbonyl (C=O) groups is 2. The monoisotopic (exact) mass is 1230 g/mol. The van der Waals surface area contributed by atoms with E-state index in [0.29, 0.717) is 19.4 Å². The Morgan fingerprint density at radius 1 is 0.414 bits per heavy atom. The van der Waals surface area contributed by atoms with Crippen LogP contribution in [-0.4, -0.2) is 100 Å². The third-order valence-corrected chi connectivity index (χ3v) is 18.3. The van der Waals surface area contributed by atoms with E-state index in [2.05, 4.69) is 31.3 Å². The molecule has 1 fully saturated rings. The van der Waals surface area contributed by atoms with Crippen molar-refractivity contribution >= 4 is 11.9 Å². The molecule has 6 N–H and O–H groups in total. The van der Waals surface area contributed by atoms with Crippen molar-refractivity contribution in [3.05, 3.63) is 24.3 Å². The lowest BCUT2D eigenvalue weighted by Gasteiger charge is -2.40. The molecule has 0 spiro atoms. The van der Waals surface area contributed by atoms with Gasteiger partial charge in [-0.05, 0) is 57.8 Å². The number of aliphatic hydroxyl groups is 5. The maximum Gasteiger partial charge on any atom is 0.305 e. The van der Waals surface area contributed by atoms with Gasteiger partial charge in [0.15, 0.2) is 6.29 Å². The smallest absolute Gasteiger partial charge is 0.305 e. The van der Waals surface area contributed by atoms with Gasteiger partial charge in [0.2, 0.25) is 5.91 Å². The second-order valence-electron chi connectivity index (χ2n) is 26.7. The minimum absolute atomic E-state index is 0.0131. The van der Waals surface area contributed by atoms with E-state index in [-0.39, 0.29) is 18.5 Å². The van der Waals surface area contributed by atoms with Crippen molar-refractivity contribution in [3.8, 4) is 0 Å². The molecular formula is C76H145NO10. The minimum atomic E-state index is -1.57. The molecule has 514 valence electrons. The van der Waals surface area contributed by atoms with Gasteiger partial charge in [-0.25, -0.2) is 0 Å². The average molecular weight is 1230 g/mol. The number of ether oxygens (including phenoxy) is 3. The predicted molar refractivity (Wildman–Crippen MR) is 366 cm³/mol. The van der Waals surface area contributed by atoms with Crippen LogP contribution in [-0.2, 0) is 23.8 Å². The largest absolute Gasteiger partial charge is 0.466 e. The molecule has 0 aromatic heterocycles. The van der Waals surface area contributed by atoms with Crippen LogP contribution >= 0.6 is 0 Å². The highest BCUT2D eigenvalue weighted by atomic mass is 16.7. The number of carbonyl (C=O) groups excluding carboxylic acids is 2. The summed E-state index contributed by atoms with van der Waals surface area (Å²) >= 11 is 0. The van der Waals surface area contributed by atoms with Crippen LogP contribution in [0.2, 0.25) is 0 Å². The zero-order valence-corrected chi connectivity index (χ0v) is 57.3. The van der Waals surface area contributed by atoms with E-state index in [1.165, 1.54) is 302 Å². The van der Waals surface area contributed by atoms with Crippen molar-refractivity contribution in [2.75, 3.05) is 19.8 Å². The molecule has 1 aliphatic rings. The Kier molecular flexibility index (Phi) is 62.7. The molecule has 1 aliphatic heterocycles. The molecule has 0 bridgehead atoms. The van der Waals surface area contributed by atoms with Gasteiger partial charge in [0.25, 0.3) is 0 Å². The summed E-state index contributed by atoms with van der Waals surface area (Å²) in [5.74, 6) is -0.165. The van der Waals surface area contributed by atoms with Gasteiger partial charge in [0.1, 0.15) is 24.4 Å². The Labute approximate surface area is 537 Å². The van der Waals surface area contributed by atoms with E-state index in [1.54, 1.807) is 6.08 Å². The van der Waals surface area contributed by atoms with Crippen LogP contribution in [0.25, 0.3) is 0 Å². The normalized spacial score (nSPS) is 17.9. The molecule has 7 unspecified atom stereocenters. The number of amides is 1. The standard InChI is InChI=1S/C76H145NO10/c1-3-5-7-9-11-13-14-15-16-17-31-35-38-41-44-48-52-56-60-64-72(81)85-65-61-57-53-49-45-42-39-36-33-30-28-26-24-22-20-18-19-21-23-25-27-29-32-34-37-40-43-47-51-55-59-63-71(80)77-68(69(79)62-58-54-50-46-12-10-8-6-4-2)67-86-76-75(84)74(83)73(82)70(66-78)87-76/h15-16,58,62,68-70,73-76,78-79,82-84H,3-14,17-57,59-61,63-67H2,1-2H3,(H,77,80)/b16-15-,62-58+. The Bertz CT molecular complexity index is 1490. The fraction of sp³-hybridized carbons (Fsp3) is 0.921. The third kappa shape index (κ3) is 54.4. The highest BCUT2D eigenvalue weighted by Gasteiger charge is 2.44. The van der Waals surface area contributed by atoms with Crippen LogP contribution in [0.15, 0.2) is 24.3 Å². The van der Waals surface area contributed by atoms with Crippen LogP contribution in [0.5, 0.6) is 0 Å². The minimum Gasteiger partial charge on any atom is -0.466 e. The number of nitrogens with one attached hydrogen (secondary N) is 1. The Balaban J connectivity index is 1.86. The van der Waals surface area contributed by atoms with Crippen molar-refractivity contribution in [2.24, 2.45) is 0 Å². The van der Waals surface area contributed by atoms with Crippen LogP contribution in [0, 0.1) is 0 Å². The molecule has 0 aromatic rings. The van der Waals surface area contributed by atoms with Gasteiger partial charge < -0.3 is 45.1 Å². The van der Waals surface area contributed by atoms with Gasteiger partial charge in [-0.3, -0.25) is 9.59 Å². The van der Waals surface area contributed by atoms with Gasteiger partial charge >= 0.3 is 5.97 Å². The molecule has 1 rings (SSSR count). The molecule has 1 heterocycles. The predicted octanol–water partition coefficient (Wildman–Crippen LogP) is 20.0.